The van der Waals surface area contributed by atoms with Gasteiger partial charge >= 0.3 is 0 Å². The molecule has 6 nitrogen and oxygen atoms in total. The van der Waals surface area contributed by atoms with Crippen LogP contribution in [-0.4, -0.2) is 49.6 Å². The Morgan fingerprint density at radius 3 is 2.32 bits per heavy atom. The van der Waals surface area contributed by atoms with Crippen molar-refractivity contribution in [1.29, 1.82) is 0 Å². The molecule has 0 atom stereocenters. The van der Waals surface area contributed by atoms with Crippen LogP contribution < -0.4 is 10.6 Å². The van der Waals surface area contributed by atoms with Gasteiger partial charge in [-0.1, -0.05) is 12.1 Å². The summed E-state index contributed by atoms with van der Waals surface area (Å²) in [5, 5.41) is 5.91. The summed E-state index contributed by atoms with van der Waals surface area (Å²) in [5.74, 6) is -0.231. The average molecular weight is 381 g/mol. The van der Waals surface area contributed by atoms with E-state index in [0.717, 1.165) is 29.8 Å². The molecule has 0 saturated carbocycles. The summed E-state index contributed by atoms with van der Waals surface area (Å²) < 4.78 is 5.31. The van der Waals surface area contributed by atoms with Crippen LogP contribution >= 0.6 is 0 Å². The SMILES string of the molecule is Cc1ccc(C(=O)Nc2cccc(NC(=O)CN3CCOCC3)c2C)cc1C. The van der Waals surface area contributed by atoms with Crippen LogP contribution in [0, 0.1) is 20.8 Å². The molecule has 1 aliphatic heterocycles. The molecule has 3 rings (SSSR count). The van der Waals surface area contributed by atoms with E-state index in [1.165, 1.54) is 0 Å². The zero-order chi connectivity index (χ0) is 20.1. The van der Waals surface area contributed by atoms with Crippen molar-refractivity contribution < 1.29 is 14.3 Å². The number of carbonyl (C=O) groups excluding carboxylic acids is 2. The van der Waals surface area contributed by atoms with Gasteiger partial charge in [-0.3, -0.25) is 14.5 Å². The summed E-state index contributed by atoms with van der Waals surface area (Å²) in [5.41, 5.74) is 5.06. The standard InChI is InChI=1S/C22H27N3O3/c1-15-7-8-18(13-16(15)2)22(27)24-20-6-4-5-19(17(20)3)23-21(26)14-25-9-11-28-12-10-25/h4-8,13H,9-12,14H2,1-3H3,(H,23,26)(H,24,27). The first kappa shape index (κ1) is 20.0. The molecule has 1 saturated heterocycles. The van der Waals surface area contributed by atoms with E-state index < -0.39 is 0 Å². The molecule has 1 aliphatic rings. The van der Waals surface area contributed by atoms with Crippen molar-refractivity contribution in [3.05, 3.63) is 58.7 Å². The van der Waals surface area contributed by atoms with Crippen LogP contribution in [0.2, 0.25) is 0 Å². The number of morpholine rings is 1. The first-order valence-electron chi connectivity index (χ1n) is 9.52. The first-order chi connectivity index (χ1) is 13.4. The Labute approximate surface area is 165 Å². The fraction of sp³-hybridized carbons (Fsp3) is 0.364. The second-order valence-corrected chi connectivity index (χ2v) is 7.17. The van der Waals surface area contributed by atoms with Crippen LogP contribution in [0.5, 0.6) is 0 Å². The molecule has 0 aliphatic carbocycles. The Morgan fingerprint density at radius 1 is 0.964 bits per heavy atom. The maximum atomic E-state index is 12.6. The number of nitrogens with zero attached hydrogens (tertiary/aromatic N) is 1. The average Bonchev–Trinajstić information content (AvgIpc) is 2.68. The van der Waals surface area contributed by atoms with Crippen LogP contribution in [0.1, 0.15) is 27.0 Å². The van der Waals surface area contributed by atoms with Gasteiger partial charge in [0.1, 0.15) is 0 Å². The normalized spacial score (nSPS) is 14.5. The topological polar surface area (TPSA) is 70.7 Å². The first-order valence-corrected chi connectivity index (χ1v) is 9.52. The minimum Gasteiger partial charge on any atom is -0.379 e. The predicted molar refractivity (Wildman–Crippen MR) is 111 cm³/mol. The third kappa shape index (κ3) is 4.97. The van der Waals surface area contributed by atoms with Crippen molar-refractivity contribution in [2.24, 2.45) is 0 Å². The zero-order valence-electron chi connectivity index (χ0n) is 16.7. The number of benzene rings is 2. The van der Waals surface area contributed by atoms with Crippen molar-refractivity contribution in [3.8, 4) is 0 Å². The van der Waals surface area contributed by atoms with Gasteiger partial charge in [-0.15, -0.1) is 0 Å². The molecule has 0 aromatic heterocycles. The molecule has 0 spiro atoms. The number of ether oxygens (including phenoxy) is 1. The molecule has 0 unspecified atom stereocenters. The van der Waals surface area contributed by atoms with Gasteiger partial charge in [-0.25, -0.2) is 0 Å². The van der Waals surface area contributed by atoms with Crippen LogP contribution in [0.25, 0.3) is 0 Å². The van der Waals surface area contributed by atoms with Crippen LogP contribution in [0.15, 0.2) is 36.4 Å². The lowest BCUT2D eigenvalue weighted by Crippen LogP contribution is -2.41. The molecule has 2 aromatic carbocycles. The molecule has 0 radical (unpaired) electrons. The fourth-order valence-corrected chi connectivity index (χ4v) is 3.14. The van der Waals surface area contributed by atoms with Crippen molar-refractivity contribution >= 4 is 23.2 Å². The summed E-state index contributed by atoms with van der Waals surface area (Å²) in [7, 11) is 0. The van der Waals surface area contributed by atoms with Gasteiger partial charge in [0.15, 0.2) is 0 Å². The number of hydrogen-bond donors (Lipinski definition) is 2. The number of amides is 2. The maximum absolute atomic E-state index is 12.6. The quantitative estimate of drug-likeness (QED) is 0.835. The van der Waals surface area contributed by atoms with E-state index in [1.54, 1.807) is 0 Å². The molecule has 1 heterocycles. The van der Waals surface area contributed by atoms with E-state index in [1.807, 2.05) is 57.2 Å². The van der Waals surface area contributed by atoms with Gasteiger partial charge in [-0.2, -0.15) is 0 Å². The molecular weight excluding hydrogens is 354 g/mol. The van der Waals surface area contributed by atoms with E-state index in [0.29, 0.717) is 36.7 Å². The van der Waals surface area contributed by atoms with Gasteiger partial charge in [0, 0.05) is 30.0 Å². The third-order valence-corrected chi connectivity index (χ3v) is 5.10. The van der Waals surface area contributed by atoms with Crippen LogP contribution in [-0.2, 0) is 9.53 Å². The Hall–Kier alpha value is -2.70. The predicted octanol–water partition coefficient (Wildman–Crippen LogP) is 3.13. The Bertz CT molecular complexity index is 873. The highest BCUT2D eigenvalue weighted by atomic mass is 16.5. The van der Waals surface area contributed by atoms with Crippen LogP contribution in [0.3, 0.4) is 0 Å². The van der Waals surface area contributed by atoms with Crippen molar-refractivity contribution in [1.82, 2.24) is 4.90 Å². The molecule has 28 heavy (non-hydrogen) atoms. The van der Waals surface area contributed by atoms with Crippen molar-refractivity contribution in [3.63, 3.8) is 0 Å². The van der Waals surface area contributed by atoms with E-state index in [-0.39, 0.29) is 11.8 Å². The Kier molecular flexibility index (Phi) is 6.44. The highest BCUT2D eigenvalue weighted by molar-refractivity contribution is 6.05. The second-order valence-electron chi connectivity index (χ2n) is 7.17. The third-order valence-electron chi connectivity index (χ3n) is 5.10. The summed E-state index contributed by atoms with van der Waals surface area (Å²) in [6, 6.07) is 11.2. The minimum atomic E-state index is -0.164. The number of nitrogens with one attached hydrogen (secondary N) is 2. The van der Waals surface area contributed by atoms with Crippen molar-refractivity contribution in [2.45, 2.75) is 20.8 Å². The van der Waals surface area contributed by atoms with Gasteiger partial charge in [0.2, 0.25) is 5.91 Å². The molecule has 148 valence electrons. The Balaban J connectivity index is 1.67. The van der Waals surface area contributed by atoms with Gasteiger partial charge in [0.25, 0.3) is 5.91 Å². The number of hydrogen-bond acceptors (Lipinski definition) is 4. The number of anilines is 2. The molecule has 2 aromatic rings. The minimum absolute atomic E-state index is 0.0670. The van der Waals surface area contributed by atoms with Crippen LogP contribution in [0.4, 0.5) is 11.4 Å². The lowest BCUT2D eigenvalue weighted by Gasteiger charge is -2.26. The Morgan fingerprint density at radius 2 is 1.64 bits per heavy atom. The summed E-state index contributed by atoms with van der Waals surface area (Å²) in [6.07, 6.45) is 0. The highest BCUT2D eigenvalue weighted by Crippen LogP contribution is 2.24. The monoisotopic (exact) mass is 381 g/mol. The smallest absolute Gasteiger partial charge is 0.255 e. The lowest BCUT2D eigenvalue weighted by atomic mass is 10.1. The van der Waals surface area contributed by atoms with E-state index in [4.69, 9.17) is 4.74 Å². The molecule has 0 bridgehead atoms. The highest BCUT2D eigenvalue weighted by Gasteiger charge is 2.16. The molecular formula is C22H27N3O3. The number of rotatable bonds is 5. The lowest BCUT2D eigenvalue weighted by molar-refractivity contribution is -0.118. The molecule has 6 heteroatoms. The summed E-state index contributed by atoms with van der Waals surface area (Å²) in [4.78, 5) is 27.1. The number of carbonyl (C=O) groups is 2. The summed E-state index contributed by atoms with van der Waals surface area (Å²) >= 11 is 0. The number of aryl methyl sites for hydroxylation is 2. The summed E-state index contributed by atoms with van der Waals surface area (Å²) in [6.45, 7) is 9.07. The van der Waals surface area contributed by atoms with Gasteiger partial charge < -0.3 is 15.4 Å². The van der Waals surface area contributed by atoms with Crippen molar-refractivity contribution in [2.75, 3.05) is 43.5 Å². The zero-order valence-corrected chi connectivity index (χ0v) is 16.7. The fourth-order valence-electron chi connectivity index (χ4n) is 3.14. The maximum Gasteiger partial charge on any atom is 0.255 e. The van der Waals surface area contributed by atoms with E-state index >= 15 is 0 Å². The largest absolute Gasteiger partial charge is 0.379 e. The molecule has 2 amide bonds. The molecule has 1 fully saturated rings. The van der Waals surface area contributed by atoms with Gasteiger partial charge in [0.05, 0.1) is 19.8 Å². The van der Waals surface area contributed by atoms with Gasteiger partial charge in [-0.05, 0) is 61.7 Å². The van der Waals surface area contributed by atoms with E-state index in [2.05, 4.69) is 15.5 Å². The molecule has 2 N–H and O–H groups in total. The second kappa shape index (κ2) is 8.99. The van der Waals surface area contributed by atoms with E-state index in [9.17, 15) is 9.59 Å².